The summed E-state index contributed by atoms with van der Waals surface area (Å²) in [5.41, 5.74) is 5.33. The fourth-order valence-corrected chi connectivity index (χ4v) is 2.58. The van der Waals surface area contributed by atoms with Gasteiger partial charge < -0.3 is 20.3 Å². The molecular formula is C16H21F2N3O3. The fourth-order valence-electron chi connectivity index (χ4n) is 2.58. The molecule has 132 valence electrons. The van der Waals surface area contributed by atoms with Crippen molar-refractivity contribution in [1.29, 1.82) is 0 Å². The van der Waals surface area contributed by atoms with Crippen LogP contribution < -0.4 is 5.73 Å². The summed E-state index contributed by atoms with van der Waals surface area (Å²) >= 11 is 0. The predicted octanol–water partition coefficient (Wildman–Crippen LogP) is 0.613. The first-order chi connectivity index (χ1) is 11.5. The van der Waals surface area contributed by atoms with Gasteiger partial charge in [0.2, 0.25) is 5.91 Å². The van der Waals surface area contributed by atoms with Crippen LogP contribution in [0.2, 0.25) is 0 Å². The second kappa shape index (κ2) is 8.16. The maximum Gasteiger partial charge on any atom is 0.256 e. The van der Waals surface area contributed by atoms with Crippen LogP contribution in [0.5, 0.6) is 0 Å². The lowest BCUT2D eigenvalue weighted by molar-refractivity contribution is -0.135. The van der Waals surface area contributed by atoms with E-state index in [4.69, 9.17) is 10.5 Å². The normalized spacial score (nSPS) is 16.2. The van der Waals surface area contributed by atoms with Crippen molar-refractivity contribution in [1.82, 2.24) is 9.80 Å². The Balaban J connectivity index is 1.92. The van der Waals surface area contributed by atoms with Gasteiger partial charge in [0, 0.05) is 45.9 Å². The van der Waals surface area contributed by atoms with E-state index in [1.165, 1.54) is 12.0 Å². The van der Waals surface area contributed by atoms with E-state index in [-0.39, 0.29) is 30.5 Å². The number of carbonyl (C=O) groups is 2. The Hall–Kier alpha value is -2.06. The minimum atomic E-state index is -0.885. The van der Waals surface area contributed by atoms with Gasteiger partial charge >= 0.3 is 0 Å². The molecule has 24 heavy (non-hydrogen) atoms. The molecule has 2 amide bonds. The highest BCUT2D eigenvalue weighted by atomic mass is 19.1. The van der Waals surface area contributed by atoms with Gasteiger partial charge in [0.15, 0.2) is 0 Å². The molecule has 1 aromatic carbocycles. The number of hydrogen-bond donors (Lipinski definition) is 1. The topological polar surface area (TPSA) is 75.9 Å². The smallest absolute Gasteiger partial charge is 0.256 e. The average Bonchev–Trinajstić information content (AvgIpc) is 2.59. The molecule has 2 N–H and O–H groups in total. The number of benzene rings is 1. The Bertz CT molecular complexity index is 600. The van der Waals surface area contributed by atoms with Crippen LogP contribution >= 0.6 is 0 Å². The van der Waals surface area contributed by atoms with Crippen LogP contribution in [0.4, 0.5) is 8.78 Å². The molecule has 1 aliphatic heterocycles. The summed E-state index contributed by atoms with van der Waals surface area (Å²) < 4.78 is 31.7. The van der Waals surface area contributed by atoms with E-state index in [1.54, 1.807) is 4.90 Å². The van der Waals surface area contributed by atoms with Crippen molar-refractivity contribution in [2.24, 2.45) is 5.73 Å². The molecule has 1 aliphatic rings. The minimum Gasteiger partial charge on any atom is -0.380 e. The Kier molecular flexibility index (Phi) is 6.22. The van der Waals surface area contributed by atoms with E-state index >= 15 is 0 Å². The Morgan fingerprint density at radius 2 is 1.83 bits per heavy atom. The Morgan fingerprint density at radius 3 is 2.38 bits per heavy atom. The lowest BCUT2D eigenvalue weighted by Crippen LogP contribution is -2.51. The van der Waals surface area contributed by atoms with Gasteiger partial charge in [-0.15, -0.1) is 0 Å². The summed E-state index contributed by atoms with van der Waals surface area (Å²) in [6, 6.07) is 2.87. The van der Waals surface area contributed by atoms with E-state index in [9.17, 15) is 18.4 Å². The molecule has 2 rings (SSSR count). The summed E-state index contributed by atoms with van der Waals surface area (Å²) in [7, 11) is 1.50. The number of halogens is 2. The van der Waals surface area contributed by atoms with Crippen LogP contribution in [0.3, 0.4) is 0 Å². The van der Waals surface area contributed by atoms with Gasteiger partial charge in [-0.25, -0.2) is 8.78 Å². The van der Waals surface area contributed by atoms with Crippen LogP contribution in [0.15, 0.2) is 18.2 Å². The van der Waals surface area contributed by atoms with Crippen molar-refractivity contribution in [3.63, 3.8) is 0 Å². The van der Waals surface area contributed by atoms with Crippen molar-refractivity contribution in [2.75, 3.05) is 39.8 Å². The van der Waals surface area contributed by atoms with Crippen LogP contribution in [-0.2, 0) is 9.53 Å². The Labute approximate surface area is 139 Å². The van der Waals surface area contributed by atoms with Crippen LogP contribution in [-0.4, -0.2) is 67.6 Å². The maximum absolute atomic E-state index is 13.7. The fraction of sp³-hybridized carbons (Fsp3) is 0.500. The van der Waals surface area contributed by atoms with E-state index in [2.05, 4.69) is 0 Å². The molecule has 8 heteroatoms. The third-order valence-electron chi connectivity index (χ3n) is 4.08. The monoisotopic (exact) mass is 341 g/mol. The summed E-state index contributed by atoms with van der Waals surface area (Å²) in [5, 5.41) is 0. The number of amides is 2. The van der Waals surface area contributed by atoms with Crippen molar-refractivity contribution < 1.29 is 23.1 Å². The molecule has 0 aromatic heterocycles. The SMILES string of the molecule is COC(CN)CC(=O)N1CCN(C(=O)c2ccc(F)cc2F)CC1. The zero-order valence-corrected chi connectivity index (χ0v) is 13.5. The quantitative estimate of drug-likeness (QED) is 0.852. The van der Waals surface area contributed by atoms with Gasteiger partial charge in [-0.05, 0) is 12.1 Å². The van der Waals surface area contributed by atoms with Crippen LogP contribution in [0, 0.1) is 11.6 Å². The van der Waals surface area contributed by atoms with E-state index in [1.807, 2.05) is 0 Å². The van der Waals surface area contributed by atoms with Crippen molar-refractivity contribution in [3.05, 3.63) is 35.4 Å². The van der Waals surface area contributed by atoms with E-state index in [0.29, 0.717) is 32.2 Å². The number of rotatable bonds is 5. The summed E-state index contributed by atoms with van der Waals surface area (Å²) in [5.74, 6) is -2.21. The molecular weight excluding hydrogens is 320 g/mol. The number of hydrogen-bond acceptors (Lipinski definition) is 4. The average molecular weight is 341 g/mol. The summed E-state index contributed by atoms with van der Waals surface area (Å²) in [6.07, 6.45) is -0.140. The predicted molar refractivity (Wildman–Crippen MR) is 83.3 cm³/mol. The zero-order valence-electron chi connectivity index (χ0n) is 13.5. The molecule has 0 saturated carbocycles. The summed E-state index contributed by atoms with van der Waals surface area (Å²) in [4.78, 5) is 27.5. The maximum atomic E-state index is 13.7. The number of nitrogens with two attached hydrogens (primary N) is 1. The van der Waals surface area contributed by atoms with Crippen molar-refractivity contribution in [2.45, 2.75) is 12.5 Å². The largest absolute Gasteiger partial charge is 0.380 e. The number of ether oxygens (including phenoxy) is 1. The highest BCUT2D eigenvalue weighted by molar-refractivity contribution is 5.94. The van der Waals surface area contributed by atoms with Crippen molar-refractivity contribution in [3.8, 4) is 0 Å². The van der Waals surface area contributed by atoms with Gasteiger partial charge in [0.05, 0.1) is 18.1 Å². The number of carbonyl (C=O) groups excluding carboxylic acids is 2. The molecule has 6 nitrogen and oxygen atoms in total. The highest BCUT2D eigenvalue weighted by Gasteiger charge is 2.27. The molecule has 0 spiro atoms. The van der Waals surface area contributed by atoms with E-state index < -0.39 is 17.5 Å². The van der Waals surface area contributed by atoms with Crippen molar-refractivity contribution >= 4 is 11.8 Å². The molecule has 1 unspecified atom stereocenters. The van der Waals surface area contributed by atoms with Gasteiger partial charge in [-0.1, -0.05) is 0 Å². The molecule has 1 fully saturated rings. The van der Waals surface area contributed by atoms with Gasteiger partial charge in [-0.3, -0.25) is 9.59 Å². The highest BCUT2D eigenvalue weighted by Crippen LogP contribution is 2.14. The first-order valence-corrected chi connectivity index (χ1v) is 7.71. The third kappa shape index (κ3) is 4.27. The van der Waals surface area contributed by atoms with Gasteiger partial charge in [-0.2, -0.15) is 0 Å². The van der Waals surface area contributed by atoms with E-state index in [0.717, 1.165) is 12.1 Å². The minimum absolute atomic E-state index is 0.0904. The van der Waals surface area contributed by atoms with Crippen LogP contribution in [0.1, 0.15) is 16.8 Å². The zero-order chi connectivity index (χ0) is 17.7. The molecule has 0 radical (unpaired) electrons. The molecule has 1 atom stereocenters. The Morgan fingerprint density at radius 1 is 1.21 bits per heavy atom. The number of methoxy groups -OCH3 is 1. The first-order valence-electron chi connectivity index (χ1n) is 7.71. The van der Waals surface area contributed by atoms with Crippen LogP contribution in [0.25, 0.3) is 0 Å². The molecule has 1 heterocycles. The number of piperazine rings is 1. The first kappa shape index (κ1) is 18.3. The second-order valence-electron chi connectivity index (χ2n) is 5.59. The second-order valence-corrected chi connectivity index (χ2v) is 5.59. The van der Waals surface area contributed by atoms with Gasteiger partial charge in [0.1, 0.15) is 11.6 Å². The lowest BCUT2D eigenvalue weighted by Gasteiger charge is -2.35. The molecule has 1 saturated heterocycles. The summed E-state index contributed by atoms with van der Waals surface area (Å²) in [6.45, 7) is 1.55. The number of nitrogens with zero attached hydrogens (tertiary/aromatic N) is 2. The molecule has 1 aromatic rings. The lowest BCUT2D eigenvalue weighted by atomic mass is 10.1. The molecule has 0 bridgehead atoms. The standard InChI is InChI=1S/C16H21F2N3O3/c1-24-12(10-19)9-15(22)20-4-6-21(7-5-20)16(23)13-3-2-11(17)8-14(13)18/h2-3,8,12H,4-7,9-10,19H2,1H3. The third-order valence-corrected chi connectivity index (χ3v) is 4.08. The van der Waals surface area contributed by atoms with Gasteiger partial charge in [0.25, 0.3) is 5.91 Å². The molecule has 0 aliphatic carbocycles.